The van der Waals surface area contributed by atoms with Gasteiger partial charge in [0.2, 0.25) is 0 Å². The van der Waals surface area contributed by atoms with Crippen molar-refractivity contribution in [1.82, 2.24) is 9.97 Å². The number of rotatable bonds is 4. The molecule has 2 aromatic heterocycles. The number of hydrogen-bond acceptors (Lipinski definition) is 6. The first-order valence-electron chi connectivity index (χ1n) is 6.19. The number of anilines is 1. The van der Waals surface area contributed by atoms with Gasteiger partial charge in [0.05, 0.1) is 22.9 Å². The number of ether oxygens (including phenoxy) is 1. The number of aromatic nitrogens is 2. The largest absolute Gasteiger partial charge is 0.462 e. The van der Waals surface area contributed by atoms with Crippen LogP contribution in [0.2, 0.25) is 10.2 Å². The molecule has 6 nitrogen and oxygen atoms in total. The molecule has 0 aliphatic rings. The maximum atomic E-state index is 12.1. The van der Waals surface area contributed by atoms with E-state index in [0.717, 1.165) is 11.3 Å². The highest BCUT2D eigenvalue weighted by atomic mass is 35.5. The smallest absolute Gasteiger partial charge is 0.350 e. The number of thiazole rings is 1. The maximum absolute atomic E-state index is 12.1. The molecule has 2 heterocycles. The Morgan fingerprint density at radius 2 is 2.14 bits per heavy atom. The number of hydrogen-bond donors (Lipinski definition) is 1. The lowest BCUT2D eigenvalue weighted by atomic mass is 10.3. The molecule has 0 bridgehead atoms. The highest BCUT2D eigenvalue weighted by Crippen LogP contribution is 2.25. The molecule has 1 N–H and O–H groups in total. The maximum Gasteiger partial charge on any atom is 0.350 e. The number of pyridine rings is 1. The van der Waals surface area contributed by atoms with Crippen molar-refractivity contribution in [2.45, 2.75) is 13.8 Å². The fraction of sp³-hybridized carbons (Fsp3) is 0.231. The van der Waals surface area contributed by atoms with Crippen LogP contribution in [0.5, 0.6) is 0 Å². The van der Waals surface area contributed by atoms with Crippen molar-refractivity contribution in [2.75, 3.05) is 11.9 Å². The van der Waals surface area contributed by atoms with E-state index in [1.54, 1.807) is 13.8 Å². The first-order chi connectivity index (χ1) is 10.4. The third-order valence-electron chi connectivity index (χ3n) is 2.54. The van der Waals surface area contributed by atoms with E-state index in [1.165, 1.54) is 12.3 Å². The Bertz CT molecular complexity index is 733. The van der Waals surface area contributed by atoms with Gasteiger partial charge in [-0.25, -0.2) is 14.8 Å². The highest BCUT2D eigenvalue weighted by molar-refractivity contribution is 7.17. The average molecular weight is 360 g/mol. The molecule has 22 heavy (non-hydrogen) atoms. The Hall–Kier alpha value is -1.70. The third kappa shape index (κ3) is 3.73. The molecule has 2 aromatic rings. The van der Waals surface area contributed by atoms with E-state index >= 15 is 0 Å². The number of carbonyl (C=O) groups is 2. The van der Waals surface area contributed by atoms with Gasteiger partial charge in [0, 0.05) is 6.20 Å². The minimum absolute atomic E-state index is 0.118. The minimum Gasteiger partial charge on any atom is -0.462 e. The van der Waals surface area contributed by atoms with Crippen LogP contribution in [0.25, 0.3) is 0 Å². The summed E-state index contributed by atoms with van der Waals surface area (Å²) >= 11 is 12.6. The number of nitrogens with zero attached hydrogens (tertiary/aromatic N) is 2. The Morgan fingerprint density at radius 3 is 2.77 bits per heavy atom. The third-order valence-corrected chi connectivity index (χ3v) is 4.28. The van der Waals surface area contributed by atoms with Gasteiger partial charge in [-0.1, -0.05) is 34.5 Å². The SMILES string of the molecule is CCOC(=O)c1sc(NC(=O)c2cnc(Cl)c(Cl)c2)nc1C. The Kier molecular flexibility index (Phi) is 5.33. The molecule has 9 heteroatoms. The second kappa shape index (κ2) is 7.04. The van der Waals surface area contributed by atoms with Crippen LogP contribution in [0.1, 0.15) is 32.6 Å². The lowest BCUT2D eigenvalue weighted by Gasteiger charge is -2.02. The van der Waals surface area contributed by atoms with Crippen molar-refractivity contribution in [3.8, 4) is 0 Å². The number of carbonyl (C=O) groups excluding carboxylic acids is 2. The summed E-state index contributed by atoms with van der Waals surface area (Å²) in [6, 6.07) is 1.40. The monoisotopic (exact) mass is 359 g/mol. The van der Waals surface area contributed by atoms with Gasteiger partial charge in [0.1, 0.15) is 10.0 Å². The molecule has 0 aromatic carbocycles. The topological polar surface area (TPSA) is 81.2 Å². The molecule has 0 spiro atoms. The van der Waals surface area contributed by atoms with E-state index in [4.69, 9.17) is 27.9 Å². The predicted molar refractivity (Wildman–Crippen MR) is 85.0 cm³/mol. The molecule has 0 atom stereocenters. The summed E-state index contributed by atoms with van der Waals surface area (Å²) in [5.41, 5.74) is 0.728. The second-order valence-corrected chi connectivity index (χ2v) is 5.87. The minimum atomic E-state index is -0.464. The van der Waals surface area contributed by atoms with Crippen molar-refractivity contribution in [3.63, 3.8) is 0 Å². The van der Waals surface area contributed by atoms with E-state index in [9.17, 15) is 9.59 Å². The van der Waals surface area contributed by atoms with Gasteiger partial charge in [-0.15, -0.1) is 0 Å². The van der Waals surface area contributed by atoms with Crippen molar-refractivity contribution >= 4 is 51.5 Å². The van der Waals surface area contributed by atoms with Gasteiger partial charge in [0.25, 0.3) is 5.91 Å². The van der Waals surface area contributed by atoms with Crippen molar-refractivity contribution in [3.05, 3.63) is 38.6 Å². The van der Waals surface area contributed by atoms with Crippen LogP contribution >= 0.6 is 34.5 Å². The molecule has 0 saturated heterocycles. The molecule has 0 aliphatic carbocycles. The first-order valence-corrected chi connectivity index (χ1v) is 7.76. The van der Waals surface area contributed by atoms with E-state index in [0.29, 0.717) is 10.6 Å². The summed E-state index contributed by atoms with van der Waals surface area (Å²) in [4.78, 5) is 32.1. The molecule has 2 rings (SSSR count). The Morgan fingerprint density at radius 1 is 1.41 bits per heavy atom. The molecule has 116 valence electrons. The van der Waals surface area contributed by atoms with Crippen LogP contribution < -0.4 is 5.32 Å². The molecular formula is C13H11Cl2N3O3S. The first kappa shape index (κ1) is 16.7. The highest BCUT2D eigenvalue weighted by Gasteiger charge is 2.18. The van der Waals surface area contributed by atoms with Crippen molar-refractivity contribution < 1.29 is 14.3 Å². The zero-order valence-electron chi connectivity index (χ0n) is 11.6. The lowest BCUT2D eigenvalue weighted by molar-refractivity contribution is 0.0531. The summed E-state index contributed by atoms with van der Waals surface area (Å²) in [6.45, 7) is 3.65. The van der Waals surface area contributed by atoms with Gasteiger partial charge < -0.3 is 4.74 Å². The summed E-state index contributed by atoms with van der Waals surface area (Å²) in [5.74, 6) is -0.913. The molecule has 0 saturated carbocycles. The number of amides is 1. The average Bonchev–Trinajstić information content (AvgIpc) is 2.82. The van der Waals surface area contributed by atoms with E-state index < -0.39 is 11.9 Å². The van der Waals surface area contributed by atoms with Gasteiger partial charge in [0.15, 0.2) is 5.13 Å². The molecule has 0 unspecified atom stereocenters. The quantitative estimate of drug-likeness (QED) is 0.666. The summed E-state index contributed by atoms with van der Waals surface area (Å²) in [5, 5.41) is 3.17. The van der Waals surface area contributed by atoms with Crippen LogP contribution in [0.15, 0.2) is 12.3 Å². The standard InChI is InChI=1S/C13H11Cl2N3O3S/c1-3-21-12(20)9-6(2)17-13(22-9)18-11(19)7-4-8(14)10(15)16-5-7/h4-5H,3H2,1-2H3,(H,17,18,19). The zero-order chi connectivity index (χ0) is 16.3. The van der Waals surface area contributed by atoms with Crippen LogP contribution in [-0.2, 0) is 4.74 Å². The van der Waals surface area contributed by atoms with Crippen molar-refractivity contribution in [1.29, 1.82) is 0 Å². The molecule has 0 fully saturated rings. The Balaban J connectivity index is 2.16. The van der Waals surface area contributed by atoms with Crippen LogP contribution in [0, 0.1) is 6.92 Å². The van der Waals surface area contributed by atoms with E-state index in [1.807, 2.05) is 0 Å². The lowest BCUT2D eigenvalue weighted by Crippen LogP contribution is -2.12. The van der Waals surface area contributed by atoms with Crippen LogP contribution in [0.3, 0.4) is 0 Å². The second-order valence-electron chi connectivity index (χ2n) is 4.10. The number of esters is 1. The fourth-order valence-corrected chi connectivity index (χ4v) is 2.68. The van der Waals surface area contributed by atoms with Gasteiger partial charge >= 0.3 is 5.97 Å². The summed E-state index contributed by atoms with van der Waals surface area (Å²) < 4.78 is 4.92. The van der Waals surface area contributed by atoms with Crippen LogP contribution in [-0.4, -0.2) is 28.5 Å². The summed E-state index contributed by atoms with van der Waals surface area (Å²) in [7, 11) is 0. The summed E-state index contributed by atoms with van der Waals surface area (Å²) in [6.07, 6.45) is 1.30. The Labute approximate surface area is 140 Å². The van der Waals surface area contributed by atoms with Gasteiger partial charge in [-0.3, -0.25) is 10.1 Å². The normalized spacial score (nSPS) is 10.4. The fourth-order valence-electron chi connectivity index (χ4n) is 1.55. The zero-order valence-corrected chi connectivity index (χ0v) is 14.0. The molecular weight excluding hydrogens is 349 g/mol. The molecule has 0 aliphatic heterocycles. The van der Waals surface area contributed by atoms with Gasteiger partial charge in [-0.05, 0) is 19.9 Å². The number of nitrogens with one attached hydrogen (secondary N) is 1. The van der Waals surface area contributed by atoms with Gasteiger partial charge in [-0.2, -0.15) is 0 Å². The number of aryl methyl sites for hydroxylation is 1. The number of halogens is 2. The molecule has 1 amide bonds. The molecule has 0 radical (unpaired) electrons. The predicted octanol–water partition coefficient (Wildman–Crippen LogP) is 3.58. The van der Waals surface area contributed by atoms with E-state index in [-0.39, 0.29) is 27.5 Å². The van der Waals surface area contributed by atoms with Crippen molar-refractivity contribution in [2.24, 2.45) is 0 Å². The van der Waals surface area contributed by atoms with E-state index in [2.05, 4.69) is 15.3 Å². The van der Waals surface area contributed by atoms with Crippen LogP contribution in [0.4, 0.5) is 5.13 Å².